The number of imide groups is 1. The van der Waals surface area contributed by atoms with Gasteiger partial charge >= 0.3 is 6.03 Å². The van der Waals surface area contributed by atoms with Crippen molar-refractivity contribution < 1.29 is 23.8 Å². The van der Waals surface area contributed by atoms with E-state index in [0.29, 0.717) is 0 Å². The summed E-state index contributed by atoms with van der Waals surface area (Å²) in [5, 5.41) is 14.5. The van der Waals surface area contributed by atoms with Crippen LogP contribution in [0.1, 0.15) is 0 Å². The maximum atomic E-state index is 14.3. The predicted octanol–water partition coefficient (Wildman–Crippen LogP) is -0.439. The molecule has 2 aliphatic heterocycles. The number of aliphatic hydroxyl groups is 1. The fourth-order valence-corrected chi connectivity index (χ4v) is 2.43. The van der Waals surface area contributed by atoms with Gasteiger partial charge in [-0.2, -0.15) is 0 Å². The van der Waals surface area contributed by atoms with Crippen molar-refractivity contribution in [2.45, 2.75) is 24.4 Å². The topological polar surface area (TPSA) is 128 Å². The molecule has 0 radical (unpaired) electrons. The molecule has 20 heavy (non-hydrogen) atoms. The zero-order chi connectivity index (χ0) is 14.9. The van der Waals surface area contributed by atoms with Gasteiger partial charge in [0.15, 0.2) is 0 Å². The SMILES string of the molecule is CN1CC([C@@H]2O[C@H](CO)[C@@H](N=[N+]=[N-])[C@H]2F)C(=O)NC1=O. The van der Waals surface area contributed by atoms with E-state index >= 15 is 0 Å². The van der Waals surface area contributed by atoms with E-state index in [4.69, 9.17) is 15.4 Å². The minimum atomic E-state index is -1.72. The summed E-state index contributed by atoms with van der Waals surface area (Å²) in [5.41, 5.74) is 8.41. The molecule has 2 rings (SSSR count). The molecular formula is C10H14FN5O4. The molecule has 0 spiro atoms. The average Bonchev–Trinajstić information content (AvgIpc) is 2.72. The monoisotopic (exact) mass is 287 g/mol. The molecule has 2 heterocycles. The van der Waals surface area contributed by atoms with Crippen LogP contribution in [-0.2, 0) is 9.53 Å². The van der Waals surface area contributed by atoms with Crippen molar-refractivity contribution in [3.63, 3.8) is 0 Å². The number of nitrogens with one attached hydrogen (secondary N) is 1. The zero-order valence-electron chi connectivity index (χ0n) is 10.6. The van der Waals surface area contributed by atoms with E-state index in [0.717, 1.165) is 0 Å². The third-order valence-corrected chi connectivity index (χ3v) is 3.50. The Morgan fingerprint density at radius 2 is 2.35 bits per heavy atom. The third-order valence-electron chi connectivity index (χ3n) is 3.50. The molecule has 0 aliphatic carbocycles. The number of halogens is 1. The summed E-state index contributed by atoms with van der Waals surface area (Å²) in [5.74, 6) is -1.56. The quantitative estimate of drug-likeness (QED) is 0.414. The maximum Gasteiger partial charge on any atom is 0.323 e. The second kappa shape index (κ2) is 5.61. The Bertz CT molecular complexity index is 469. The van der Waals surface area contributed by atoms with Crippen LogP contribution in [0.3, 0.4) is 0 Å². The molecule has 9 nitrogen and oxygen atoms in total. The summed E-state index contributed by atoms with van der Waals surface area (Å²) in [4.78, 5) is 26.8. The number of carbonyl (C=O) groups is 2. The lowest BCUT2D eigenvalue weighted by atomic mass is 9.94. The Balaban J connectivity index is 2.18. The van der Waals surface area contributed by atoms with Crippen LogP contribution in [0.25, 0.3) is 10.4 Å². The molecule has 0 aromatic rings. The summed E-state index contributed by atoms with van der Waals surface area (Å²) in [6.45, 7) is -0.527. The lowest BCUT2D eigenvalue weighted by molar-refractivity contribution is -0.133. The Kier molecular flexibility index (Phi) is 4.07. The number of alkyl halides is 1. The maximum absolute atomic E-state index is 14.3. The number of nitrogens with zero attached hydrogens (tertiary/aromatic N) is 4. The van der Waals surface area contributed by atoms with E-state index in [2.05, 4.69) is 15.3 Å². The van der Waals surface area contributed by atoms with E-state index in [1.165, 1.54) is 11.9 Å². The van der Waals surface area contributed by atoms with Gasteiger partial charge in [0.05, 0.1) is 24.7 Å². The smallest absolute Gasteiger partial charge is 0.323 e. The summed E-state index contributed by atoms with van der Waals surface area (Å²) in [7, 11) is 1.46. The van der Waals surface area contributed by atoms with Crippen molar-refractivity contribution in [1.82, 2.24) is 10.2 Å². The highest BCUT2D eigenvalue weighted by molar-refractivity contribution is 5.98. The molecule has 2 aliphatic rings. The first-order valence-electron chi connectivity index (χ1n) is 6.00. The number of hydrogen-bond donors (Lipinski definition) is 2. The highest BCUT2D eigenvalue weighted by Gasteiger charge is 2.51. The molecule has 0 aromatic carbocycles. The molecule has 0 bridgehead atoms. The molecular weight excluding hydrogens is 273 g/mol. The van der Waals surface area contributed by atoms with Crippen LogP contribution in [0.5, 0.6) is 0 Å². The molecule has 2 N–H and O–H groups in total. The predicted molar refractivity (Wildman–Crippen MR) is 63.2 cm³/mol. The molecule has 110 valence electrons. The van der Waals surface area contributed by atoms with Crippen LogP contribution in [0.15, 0.2) is 5.11 Å². The van der Waals surface area contributed by atoms with E-state index < -0.39 is 48.9 Å². The van der Waals surface area contributed by atoms with Gasteiger partial charge in [-0.05, 0) is 5.53 Å². The van der Waals surface area contributed by atoms with Crippen molar-refractivity contribution in [3.8, 4) is 0 Å². The van der Waals surface area contributed by atoms with Crippen molar-refractivity contribution >= 4 is 11.9 Å². The molecule has 5 atom stereocenters. The van der Waals surface area contributed by atoms with Crippen molar-refractivity contribution in [2.75, 3.05) is 20.2 Å². The standard InChI is InChI=1S/C10H14FN5O4/c1-16-2-4(9(18)13-10(16)19)8-6(11)7(14-15-12)5(3-17)20-8/h4-8,17H,2-3H2,1H3,(H,13,18,19)/t4?,5-,6-,7-,8+/m1/s1. The second-order valence-corrected chi connectivity index (χ2v) is 4.74. The number of hydrogen-bond acceptors (Lipinski definition) is 5. The van der Waals surface area contributed by atoms with Crippen molar-refractivity contribution in [3.05, 3.63) is 10.4 Å². The number of carbonyl (C=O) groups excluding carboxylic acids is 2. The first-order valence-corrected chi connectivity index (χ1v) is 6.00. The lowest BCUT2D eigenvalue weighted by Gasteiger charge is -2.32. The molecule has 1 unspecified atom stereocenters. The highest BCUT2D eigenvalue weighted by atomic mass is 19.1. The largest absolute Gasteiger partial charge is 0.394 e. The Hall–Kier alpha value is -1.90. The fourth-order valence-electron chi connectivity index (χ4n) is 2.43. The first-order chi connectivity index (χ1) is 9.49. The van der Waals surface area contributed by atoms with Gasteiger partial charge in [0.25, 0.3) is 0 Å². The second-order valence-electron chi connectivity index (χ2n) is 4.74. The van der Waals surface area contributed by atoms with Gasteiger partial charge in [0.2, 0.25) is 5.91 Å². The molecule has 0 aromatic heterocycles. The van der Waals surface area contributed by atoms with Gasteiger partial charge in [0.1, 0.15) is 12.3 Å². The number of amides is 3. The number of ether oxygens (including phenoxy) is 1. The van der Waals surface area contributed by atoms with E-state index in [-0.39, 0.29) is 6.54 Å². The van der Waals surface area contributed by atoms with Crippen LogP contribution < -0.4 is 5.32 Å². The molecule has 3 amide bonds. The molecule has 2 fully saturated rings. The number of aliphatic hydroxyl groups excluding tert-OH is 1. The van der Waals surface area contributed by atoms with Gasteiger partial charge in [0, 0.05) is 18.5 Å². The van der Waals surface area contributed by atoms with Gasteiger partial charge in [-0.15, -0.1) is 0 Å². The van der Waals surface area contributed by atoms with Gasteiger partial charge in [-0.3, -0.25) is 10.1 Å². The van der Waals surface area contributed by atoms with Gasteiger partial charge in [-0.25, -0.2) is 9.18 Å². The Morgan fingerprint density at radius 1 is 1.65 bits per heavy atom. The van der Waals surface area contributed by atoms with E-state index in [1.807, 2.05) is 0 Å². The van der Waals surface area contributed by atoms with E-state index in [9.17, 15) is 14.0 Å². The Morgan fingerprint density at radius 3 is 2.95 bits per heavy atom. The van der Waals surface area contributed by atoms with Crippen LogP contribution >= 0.6 is 0 Å². The minimum absolute atomic E-state index is 0.00309. The van der Waals surface area contributed by atoms with Gasteiger partial charge < -0.3 is 14.7 Å². The number of rotatable bonds is 3. The zero-order valence-corrected chi connectivity index (χ0v) is 10.6. The van der Waals surface area contributed by atoms with Crippen LogP contribution in [0.4, 0.5) is 9.18 Å². The summed E-state index contributed by atoms with van der Waals surface area (Å²) >= 11 is 0. The highest BCUT2D eigenvalue weighted by Crippen LogP contribution is 2.32. The summed E-state index contributed by atoms with van der Waals surface area (Å²) in [6.07, 6.45) is -3.89. The molecule has 0 saturated carbocycles. The molecule has 10 heteroatoms. The average molecular weight is 287 g/mol. The minimum Gasteiger partial charge on any atom is -0.394 e. The summed E-state index contributed by atoms with van der Waals surface area (Å²) in [6, 6.07) is -1.75. The number of urea groups is 1. The lowest BCUT2D eigenvalue weighted by Crippen LogP contribution is -2.57. The number of azide groups is 1. The summed E-state index contributed by atoms with van der Waals surface area (Å²) < 4.78 is 19.6. The van der Waals surface area contributed by atoms with Crippen molar-refractivity contribution in [2.24, 2.45) is 11.0 Å². The fraction of sp³-hybridized carbons (Fsp3) is 0.800. The van der Waals surface area contributed by atoms with E-state index in [1.54, 1.807) is 0 Å². The van der Waals surface area contributed by atoms with Gasteiger partial charge in [-0.1, -0.05) is 5.11 Å². The van der Waals surface area contributed by atoms with Crippen LogP contribution in [0, 0.1) is 5.92 Å². The Labute approximate surface area is 113 Å². The van der Waals surface area contributed by atoms with Crippen LogP contribution in [0.2, 0.25) is 0 Å². The van der Waals surface area contributed by atoms with Crippen LogP contribution in [-0.4, -0.2) is 66.6 Å². The van der Waals surface area contributed by atoms with Crippen molar-refractivity contribution in [1.29, 1.82) is 0 Å². The molecule has 2 saturated heterocycles. The normalized spacial score (nSPS) is 37.5. The third kappa shape index (κ3) is 2.40. The first kappa shape index (κ1) is 14.5.